The molecule has 0 bridgehead atoms. The van der Waals surface area contributed by atoms with E-state index in [1.807, 2.05) is 0 Å². The maximum absolute atomic E-state index is 4.76. The summed E-state index contributed by atoms with van der Waals surface area (Å²) < 4.78 is 3.97. The van der Waals surface area contributed by atoms with E-state index in [1.165, 1.54) is 45.3 Å². The van der Waals surface area contributed by atoms with Crippen LogP contribution in [0, 0.1) is 5.92 Å². The quantitative estimate of drug-likeness (QED) is 0.699. The molecule has 14 heavy (non-hydrogen) atoms. The van der Waals surface area contributed by atoms with Gasteiger partial charge in [-0.1, -0.05) is 13.8 Å². The molecule has 82 valence electrons. The van der Waals surface area contributed by atoms with Crippen LogP contribution in [-0.4, -0.2) is 30.6 Å². The van der Waals surface area contributed by atoms with Crippen LogP contribution in [0.5, 0.6) is 0 Å². The Labute approximate surface area is 93.2 Å². The maximum atomic E-state index is 4.76. The van der Waals surface area contributed by atoms with Gasteiger partial charge in [0.25, 0.3) is 0 Å². The second kappa shape index (κ2) is 6.46. The molecule has 1 aliphatic carbocycles. The maximum Gasteiger partial charge on any atom is 0.0631 e. The molecule has 1 rings (SSSR count). The number of hydrogen-bond acceptors (Lipinski definition) is 3. The fourth-order valence-corrected chi connectivity index (χ4v) is 2.49. The van der Waals surface area contributed by atoms with Crippen LogP contribution in [0.3, 0.4) is 0 Å². The van der Waals surface area contributed by atoms with Gasteiger partial charge in [0.15, 0.2) is 0 Å². The zero-order chi connectivity index (χ0) is 10.4. The van der Waals surface area contributed by atoms with Gasteiger partial charge in [-0.2, -0.15) is 0 Å². The highest BCUT2D eigenvalue weighted by atomic mass is 32.1. The molecule has 0 radical (unpaired) electrons. The third-order valence-electron chi connectivity index (χ3n) is 3.38. The van der Waals surface area contributed by atoms with E-state index in [0.29, 0.717) is 6.04 Å². The Bertz CT molecular complexity index is 161. The Morgan fingerprint density at radius 3 is 2.14 bits per heavy atom. The number of hydrogen-bond donors (Lipinski definition) is 0. The Kier molecular flexibility index (Phi) is 5.56. The summed E-state index contributed by atoms with van der Waals surface area (Å²) in [6.45, 7) is 8.13. The minimum absolute atomic E-state index is 0.484. The molecule has 0 aromatic rings. The van der Waals surface area contributed by atoms with Crippen LogP contribution >= 0.6 is 0 Å². The first kappa shape index (κ1) is 12.1. The highest BCUT2D eigenvalue weighted by Crippen LogP contribution is 2.26. The van der Waals surface area contributed by atoms with Gasteiger partial charge in [0.2, 0.25) is 0 Å². The molecule has 0 saturated heterocycles. The summed E-state index contributed by atoms with van der Waals surface area (Å²) in [5.74, 6) is 0.892. The van der Waals surface area contributed by atoms with Crippen molar-refractivity contribution in [3.8, 4) is 0 Å². The Morgan fingerprint density at radius 2 is 1.71 bits per heavy atom. The summed E-state index contributed by atoms with van der Waals surface area (Å²) in [4.78, 5) is 2.52. The van der Waals surface area contributed by atoms with E-state index >= 15 is 0 Å². The molecule has 1 fully saturated rings. The van der Waals surface area contributed by atoms with Crippen LogP contribution in [0.1, 0.15) is 39.5 Å². The van der Waals surface area contributed by atoms with Crippen LogP contribution in [0.25, 0.3) is 0 Å². The van der Waals surface area contributed by atoms with Crippen molar-refractivity contribution in [2.75, 3.05) is 19.6 Å². The zero-order valence-electron chi connectivity index (χ0n) is 9.41. The second-order valence-electron chi connectivity index (χ2n) is 4.27. The van der Waals surface area contributed by atoms with Gasteiger partial charge >= 0.3 is 0 Å². The molecule has 3 heteroatoms. The molecule has 0 aromatic heterocycles. The van der Waals surface area contributed by atoms with Gasteiger partial charge in [-0.05, 0) is 44.7 Å². The van der Waals surface area contributed by atoms with Crippen molar-refractivity contribution in [3.05, 3.63) is 0 Å². The van der Waals surface area contributed by atoms with E-state index in [4.69, 9.17) is 12.4 Å². The van der Waals surface area contributed by atoms with Crippen LogP contribution in [0.15, 0.2) is 4.36 Å². The molecule has 2 nitrogen and oxygen atoms in total. The van der Waals surface area contributed by atoms with Gasteiger partial charge in [-0.15, -0.1) is 0 Å². The summed E-state index contributed by atoms with van der Waals surface area (Å²) in [6, 6.07) is 0.484. The fourth-order valence-electron chi connectivity index (χ4n) is 2.28. The van der Waals surface area contributed by atoms with E-state index in [9.17, 15) is 0 Å². The topological polar surface area (TPSA) is 15.6 Å². The average molecular weight is 214 g/mol. The lowest BCUT2D eigenvalue weighted by molar-refractivity contribution is 0.209. The summed E-state index contributed by atoms with van der Waals surface area (Å²) in [7, 11) is 0. The predicted molar refractivity (Wildman–Crippen MR) is 63.3 cm³/mol. The van der Waals surface area contributed by atoms with Gasteiger partial charge < -0.3 is 4.90 Å². The molecule has 0 atom stereocenters. The lowest BCUT2D eigenvalue weighted by atomic mass is 9.86. The van der Waals surface area contributed by atoms with Crippen molar-refractivity contribution >= 4 is 12.4 Å². The Hall–Kier alpha value is -0.0200. The van der Waals surface area contributed by atoms with Gasteiger partial charge in [0.05, 0.1) is 6.04 Å². The molecular weight excluding hydrogens is 192 g/mol. The molecule has 0 N–H and O–H groups in total. The van der Waals surface area contributed by atoms with Gasteiger partial charge in [-0.25, -0.2) is 4.36 Å². The summed E-state index contributed by atoms with van der Waals surface area (Å²) >= 11 is 4.76. The Morgan fingerprint density at radius 1 is 1.14 bits per heavy atom. The smallest absolute Gasteiger partial charge is 0.0631 e. The fraction of sp³-hybridized carbons (Fsp3) is 1.00. The highest BCUT2D eigenvalue weighted by molar-refractivity contribution is 7.47. The number of rotatable bonds is 5. The van der Waals surface area contributed by atoms with Crippen LogP contribution in [0.2, 0.25) is 0 Å². The molecule has 0 aliphatic heterocycles. The van der Waals surface area contributed by atoms with Crippen molar-refractivity contribution in [2.45, 2.75) is 45.6 Å². The van der Waals surface area contributed by atoms with Gasteiger partial charge in [-0.3, -0.25) is 0 Å². The highest BCUT2D eigenvalue weighted by Gasteiger charge is 2.21. The minimum Gasteiger partial charge on any atom is -0.304 e. The molecule has 0 amide bonds. The first-order valence-electron chi connectivity index (χ1n) is 5.84. The summed E-state index contributed by atoms with van der Waals surface area (Å²) in [5, 5.41) is 0. The van der Waals surface area contributed by atoms with Crippen molar-refractivity contribution < 1.29 is 0 Å². The summed E-state index contributed by atoms with van der Waals surface area (Å²) in [5.41, 5.74) is 0. The van der Waals surface area contributed by atoms with E-state index in [0.717, 1.165) is 5.92 Å². The zero-order valence-corrected chi connectivity index (χ0v) is 10.2. The SMILES string of the molecule is CCN(CC)CC1CCC(N=S)CC1. The normalized spacial score (nSPS) is 27.9. The molecule has 0 unspecified atom stereocenters. The number of nitrogens with zero attached hydrogens (tertiary/aromatic N) is 2. The standard InChI is InChI=1S/C11H22N2S/c1-3-13(4-2)9-10-5-7-11(12-14)8-6-10/h10-11H,3-9H2,1-2H3. The van der Waals surface area contributed by atoms with Crippen molar-refractivity contribution in [1.82, 2.24) is 4.90 Å². The average Bonchev–Trinajstić information content (AvgIpc) is 2.26. The summed E-state index contributed by atoms with van der Waals surface area (Å²) in [6.07, 6.45) is 5.08. The van der Waals surface area contributed by atoms with E-state index in [-0.39, 0.29) is 0 Å². The van der Waals surface area contributed by atoms with Crippen molar-refractivity contribution in [1.29, 1.82) is 0 Å². The van der Waals surface area contributed by atoms with E-state index in [1.54, 1.807) is 0 Å². The second-order valence-corrected chi connectivity index (χ2v) is 4.48. The minimum atomic E-state index is 0.484. The first-order valence-corrected chi connectivity index (χ1v) is 6.21. The lowest BCUT2D eigenvalue weighted by Gasteiger charge is -2.30. The van der Waals surface area contributed by atoms with E-state index in [2.05, 4.69) is 23.1 Å². The molecule has 0 heterocycles. The van der Waals surface area contributed by atoms with Crippen molar-refractivity contribution in [3.63, 3.8) is 0 Å². The third-order valence-corrected chi connectivity index (χ3v) is 3.67. The van der Waals surface area contributed by atoms with Gasteiger partial charge in [0, 0.05) is 19.0 Å². The molecule has 0 aromatic carbocycles. The van der Waals surface area contributed by atoms with E-state index < -0.39 is 0 Å². The molecule has 1 saturated carbocycles. The lowest BCUT2D eigenvalue weighted by Crippen LogP contribution is -2.31. The largest absolute Gasteiger partial charge is 0.304 e. The van der Waals surface area contributed by atoms with Crippen molar-refractivity contribution in [2.24, 2.45) is 10.3 Å². The molecule has 0 spiro atoms. The Balaban J connectivity index is 2.24. The molecule has 1 aliphatic rings. The van der Waals surface area contributed by atoms with Crippen LogP contribution in [-0.2, 0) is 12.4 Å². The van der Waals surface area contributed by atoms with Crippen LogP contribution in [0.4, 0.5) is 0 Å². The first-order chi connectivity index (χ1) is 6.80. The third kappa shape index (κ3) is 3.62. The molecular formula is C11H22N2S. The predicted octanol–water partition coefficient (Wildman–Crippen LogP) is 2.62. The van der Waals surface area contributed by atoms with Gasteiger partial charge in [0.1, 0.15) is 0 Å². The monoisotopic (exact) mass is 214 g/mol. The van der Waals surface area contributed by atoms with Crippen LogP contribution < -0.4 is 0 Å².